The number of aromatic nitrogens is 1. The first-order chi connectivity index (χ1) is 6.24. The zero-order valence-electron chi connectivity index (χ0n) is 7.34. The molecular weight excluding hydrogens is 190 g/mol. The van der Waals surface area contributed by atoms with E-state index in [0.29, 0.717) is 10.6 Å². The molecule has 0 aromatic carbocycles. The Morgan fingerprint density at radius 2 is 2.46 bits per heavy atom. The molecule has 0 N–H and O–H groups in total. The normalized spacial score (nSPS) is 14.3. The van der Waals surface area contributed by atoms with E-state index in [0.717, 1.165) is 25.1 Å². The van der Waals surface area contributed by atoms with Crippen LogP contribution in [0, 0.1) is 0 Å². The molecule has 0 fully saturated rings. The lowest BCUT2D eigenvalue weighted by molar-refractivity contribution is 0.0600. The molecule has 0 aliphatic carbocycles. The van der Waals surface area contributed by atoms with E-state index in [9.17, 15) is 4.79 Å². The SMILES string of the molecule is COC(=O)c1c(Cl)cn2c1CCC2. The summed E-state index contributed by atoms with van der Waals surface area (Å²) in [5, 5.41) is 0.501. The highest BCUT2D eigenvalue weighted by atomic mass is 35.5. The number of carbonyl (C=O) groups is 1. The zero-order chi connectivity index (χ0) is 9.42. The van der Waals surface area contributed by atoms with E-state index in [1.165, 1.54) is 7.11 Å². The Labute approximate surface area is 81.2 Å². The summed E-state index contributed by atoms with van der Waals surface area (Å²) in [7, 11) is 1.37. The van der Waals surface area contributed by atoms with E-state index in [-0.39, 0.29) is 5.97 Å². The molecule has 2 rings (SSSR count). The molecule has 3 nitrogen and oxygen atoms in total. The average Bonchev–Trinajstić information content (AvgIpc) is 2.62. The molecule has 13 heavy (non-hydrogen) atoms. The molecular formula is C9H10ClNO2. The predicted molar refractivity (Wildman–Crippen MR) is 49.1 cm³/mol. The number of ether oxygens (including phenoxy) is 1. The van der Waals surface area contributed by atoms with Crippen molar-refractivity contribution in [1.82, 2.24) is 4.57 Å². The highest BCUT2D eigenvalue weighted by molar-refractivity contribution is 6.33. The van der Waals surface area contributed by atoms with Crippen LogP contribution >= 0.6 is 11.6 Å². The van der Waals surface area contributed by atoms with Crippen molar-refractivity contribution in [3.63, 3.8) is 0 Å². The van der Waals surface area contributed by atoms with Gasteiger partial charge in [0.15, 0.2) is 0 Å². The molecule has 70 valence electrons. The summed E-state index contributed by atoms with van der Waals surface area (Å²) >= 11 is 5.91. The predicted octanol–water partition coefficient (Wildman–Crippen LogP) is 1.87. The number of carbonyl (C=O) groups excluding carboxylic acids is 1. The second-order valence-corrected chi connectivity index (χ2v) is 3.49. The van der Waals surface area contributed by atoms with Gasteiger partial charge in [-0.25, -0.2) is 4.79 Å². The van der Waals surface area contributed by atoms with Crippen molar-refractivity contribution in [2.75, 3.05) is 7.11 Å². The van der Waals surface area contributed by atoms with Crippen LogP contribution in [-0.4, -0.2) is 17.6 Å². The number of aryl methyl sites for hydroxylation is 1. The summed E-state index contributed by atoms with van der Waals surface area (Å²) in [4.78, 5) is 11.3. The zero-order valence-corrected chi connectivity index (χ0v) is 8.10. The van der Waals surface area contributed by atoms with Crippen molar-refractivity contribution in [2.24, 2.45) is 0 Å². The lowest BCUT2D eigenvalue weighted by atomic mass is 10.2. The van der Waals surface area contributed by atoms with E-state index in [2.05, 4.69) is 4.74 Å². The minimum atomic E-state index is -0.333. The van der Waals surface area contributed by atoms with Gasteiger partial charge in [-0.15, -0.1) is 0 Å². The minimum Gasteiger partial charge on any atom is -0.465 e. The van der Waals surface area contributed by atoms with Crippen molar-refractivity contribution in [2.45, 2.75) is 19.4 Å². The van der Waals surface area contributed by atoms with Crippen molar-refractivity contribution in [3.05, 3.63) is 22.5 Å². The maximum Gasteiger partial charge on any atom is 0.341 e. The van der Waals surface area contributed by atoms with Gasteiger partial charge in [0.2, 0.25) is 0 Å². The lowest BCUT2D eigenvalue weighted by Crippen LogP contribution is -2.04. The Hall–Kier alpha value is -0.960. The number of hydrogen-bond acceptors (Lipinski definition) is 2. The smallest absolute Gasteiger partial charge is 0.341 e. The summed E-state index contributed by atoms with van der Waals surface area (Å²) in [5.74, 6) is -0.333. The third-order valence-corrected chi connectivity index (χ3v) is 2.63. The van der Waals surface area contributed by atoms with Gasteiger partial charge in [0.25, 0.3) is 0 Å². The topological polar surface area (TPSA) is 31.2 Å². The van der Waals surface area contributed by atoms with Crippen LogP contribution in [0.3, 0.4) is 0 Å². The molecule has 1 aromatic heterocycles. The molecule has 0 atom stereocenters. The molecule has 2 heterocycles. The van der Waals surface area contributed by atoms with Crippen LogP contribution in [-0.2, 0) is 17.7 Å². The van der Waals surface area contributed by atoms with E-state index in [1.807, 2.05) is 4.57 Å². The van der Waals surface area contributed by atoms with Crippen molar-refractivity contribution in [3.8, 4) is 0 Å². The van der Waals surface area contributed by atoms with Gasteiger partial charge in [-0.3, -0.25) is 0 Å². The second-order valence-electron chi connectivity index (χ2n) is 3.09. The second kappa shape index (κ2) is 3.07. The molecule has 0 bridgehead atoms. The highest BCUT2D eigenvalue weighted by Gasteiger charge is 2.24. The maximum atomic E-state index is 11.3. The first kappa shape index (κ1) is 8.63. The lowest BCUT2D eigenvalue weighted by Gasteiger charge is -1.99. The molecule has 1 aliphatic rings. The Balaban J connectivity index is 2.50. The van der Waals surface area contributed by atoms with Crippen molar-refractivity contribution < 1.29 is 9.53 Å². The van der Waals surface area contributed by atoms with Gasteiger partial charge in [-0.2, -0.15) is 0 Å². The van der Waals surface area contributed by atoms with Gasteiger partial charge in [-0.1, -0.05) is 11.6 Å². The standard InChI is InChI=1S/C9H10ClNO2/c1-13-9(12)8-6(10)5-11-4-2-3-7(8)11/h5H,2-4H2,1H3. The number of fused-ring (bicyclic) bond motifs is 1. The van der Waals surface area contributed by atoms with Gasteiger partial charge in [-0.05, 0) is 12.8 Å². The molecule has 1 aliphatic heterocycles. The van der Waals surface area contributed by atoms with E-state index >= 15 is 0 Å². The molecule has 0 amide bonds. The summed E-state index contributed by atoms with van der Waals surface area (Å²) in [6, 6.07) is 0. The fourth-order valence-electron chi connectivity index (χ4n) is 1.76. The van der Waals surface area contributed by atoms with Crippen LogP contribution in [0.2, 0.25) is 5.02 Å². The van der Waals surface area contributed by atoms with Gasteiger partial charge >= 0.3 is 5.97 Å². The summed E-state index contributed by atoms with van der Waals surface area (Å²) < 4.78 is 6.69. The summed E-state index contributed by atoms with van der Waals surface area (Å²) in [5.41, 5.74) is 1.55. The molecule has 0 radical (unpaired) electrons. The number of methoxy groups -OCH3 is 1. The van der Waals surface area contributed by atoms with E-state index in [4.69, 9.17) is 11.6 Å². The van der Waals surface area contributed by atoms with Crippen molar-refractivity contribution >= 4 is 17.6 Å². The number of hydrogen-bond donors (Lipinski definition) is 0. The fraction of sp³-hybridized carbons (Fsp3) is 0.444. The Morgan fingerprint density at radius 1 is 1.69 bits per heavy atom. The first-order valence-electron chi connectivity index (χ1n) is 4.20. The summed E-state index contributed by atoms with van der Waals surface area (Å²) in [6.45, 7) is 0.950. The minimum absolute atomic E-state index is 0.333. The van der Waals surface area contributed by atoms with Crippen molar-refractivity contribution in [1.29, 1.82) is 0 Å². The largest absolute Gasteiger partial charge is 0.465 e. The highest BCUT2D eigenvalue weighted by Crippen LogP contribution is 2.28. The van der Waals surface area contributed by atoms with Gasteiger partial charge < -0.3 is 9.30 Å². The van der Waals surface area contributed by atoms with Crippen LogP contribution in [0.25, 0.3) is 0 Å². The monoisotopic (exact) mass is 199 g/mol. The average molecular weight is 200 g/mol. The van der Waals surface area contributed by atoms with Crippen LogP contribution in [0.4, 0.5) is 0 Å². The molecule has 0 saturated heterocycles. The van der Waals surface area contributed by atoms with Crippen LogP contribution < -0.4 is 0 Å². The van der Waals surface area contributed by atoms with Gasteiger partial charge in [0.05, 0.1) is 17.7 Å². The number of esters is 1. The van der Waals surface area contributed by atoms with Crippen LogP contribution in [0.5, 0.6) is 0 Å². The van der Waals surface area contributed by atoms with E-state index in [1.54, 1.807) is 6.20 Å². The molecule has 0 spiro atoms. The quantitative estimate of drug-likeness (QED) is 0.647. The number of nitrogens with zero attached hydrogens (tertiary/aromatic N) is 1. The van der Waals surface area contributed by atoms with Gasteiger partial charge in [0, 0.05) is 18.4 Å². The molecule has 1 aromatic rings. The van der Waals surface area contributed by atoms with Crippen LogP contribution in [0.15, 0.2) is 6.20 Å². The maximum absolute atomic E-state index is 11.3. The summed E-state index contributed by atoms with van der Waals surface area (Å²) in [6.07, 6.45) is 3.80. The molecule has 4 heteroatoms. The Bertz CT molecular complexity index is 357. The fourth-order valence-corrected chi connectivity index (χ4v) is 2.07. The molecule has 0 unspecified atom stereocenters. The number of halogens is 1. The first-order valence-corrected chi connectivity index (χ1v) is 4.57. The van der Waals surface area contributed by atoms with E-state index < -0.39 is 0 Å². The third-order valence-electron chi connectivity index (χ3n) is 2.35. The Morgan fingerprint density at radius 3 is 3.15 bits per heavy atom. The van der Waals surface area contributed by atoms with Crippen LogP contribution in [0.1, 0.15) is 22.5 Å². The third kappa shape index (κ3) is 1.23. The molecule has 0 saturated carbocycles. The Kier molecular flexibility index (Phi) is 2.04. The van der Waals surface area contributed by atoms with Gasteiger partial charge in [0.1, 0.15) is 0 Å². The number of rotatable bonds is 1.